The highest BCUT2D eigenvalue weighted by Gasteiger charge is 2.08. The fourth-order valence-electron chi connectivity index (χ4n) is 1.90. The SMILES string of the molecule is CC(=O)c1cccc(OCC(=O)OCc2ccccc2C#N)c1. The third-order valence-corrected chi connectivity index (χ3v) is 3.12. The number of hydrogen-bond acceptors (Lipinski definition) is 5. The van der Waals surface area contributed by atoms with E-state index in [4.69, 9.17) is 14.7 Å². The molecule has 116 valence electrons. The van der Waals surface area contributed by atoms with E-state index in [0.717, 1.165) is 0 Å². The van der Waals surface area contributed by atoms with E-state index in [1.807, 2.05) is 6.07 Å². The average molecular weight is 309 g/mol. The van der Waals surface area contributed by atoms with Crippen molar-refractivity contribution in [3.63, 3.8) is 0 Å². The fraction of sp³-hybridized carbons (Fsp3) is 0.167. The number of ketones is 1. The lowest BCUT2D eigenvalue weighted by atomic mass is 10.1. The van der Waals surface area contributed by atoms with Crippen LogP contribution in [0.4, 0.5) is 0 Å². The van der Waals surface area contributed by atoms with Crippen LogP contribution in [-0.2, 0) is 16.1 Å². The van der Waals surface area contributed by atoms with Crippen molar-refractivity contribution < 1.29 is 19.1 Å². The van der Waals surface area contributed by atoms with Gasteiger partial charge in [-0.3, -0.25) is 4.79 Å². The second-order valence-electron chi connectivity index (χ2n) is 4.80. The number of hydrogen-bond donors (Lipinski definition) is 0. The van der Waals surface area contributed by atoms with E-state index >= 15 is 0 Å². The van der Waals surface area contributed by atoms with Gasteiger partial charge >= 0.3 is 5.97 Å². The van der Waals surface area contributed by atoms with E-state index in [-0.39, 0.29) is 19.0 Å². The van der Waals surface area contributed by atoms with Crippen molar-refractivity contribution in [2.45, 2.75) is 13.5 Å². The number of benzene rings is 2. The van der Waals surface area contributed by atoms with Crippen LogP contribution in [-0.4, -0.2) is 18.4 Å². The Hall–Kier alpha value is -3.13. The lowest BCUT2D eigenvalue weighted by Crippen LogP contribution is -2.15. The standard InChI is InChI=1S/C18H15NO4/c1-13(20)14-7-4-8-17(9-14)22-12-18(21)23-11-16-6-3-2-5-15(16)10-19/h2-9H,11-12H2,1H3. The van der Waals surface area contributed by atoms with Crippen LogP contribution in [0, 0.1) is 11.3 Å². The number of esters is 1. The zero-order valence-corrected chi connectivity index (χ0v) is 12.6. The molecular weight excluding hydrogens is 294 g/mol. The monoisotopic (exact) mass is 309 g/mol. The van der Waals surface area contributed by atoms with Gasteiger partial charge in [0.2, 0.25) is 0 Å². The summed E-state index contributed by atoms with van der Waals surface area (Å²) in [6.45, 7) is 1.20. The van der Waals surface area contributed by atoms with Crippen molar-refractivity contribution in [1.29, 1.82) is 5.26 Å². The predicted octanol–water partition coefficient (Wildman–Crippen LogP) is 2.88. The van der Waals surface area contributed by atoms with Gasteiger partial charge in [0.25, 0.3) is 0 Å². The number of rotatable bonds is 6. The maximum absolute atomic E-state index is 11.7. The Morgan fingerprint density at radius 3 is 2.65 bits per heavy atom. The number of nitrogens with zero attached hydrogens (tertiary/aromatic N) is 1. The molecular formula is C18H15NO4. The molecule has 2 aromatic rings. The maximum atomic E-state index is 11.7. The van der Waals surface area contributed by atoms with Crippen LogP contribution in [0.5, 0.6) is 5.75 Å². The van der Waals surface area contributed by atoms with Crippen molar-refractivity contribution in [2.75, 3.05) is 6.61 Å². The molecule has 0 aliphatic rings. The molecule has 0 aromatic heterocycles. The number of Topliss-reactive ketones (excluding diaryl/α,β-unsaturated/α-hetero) is 1. The molecule has 0 aliphatic heterocycles. The zero-order chi connectivity index (χ0) is 16.7. The van der Waals surface area contributed by atoms with Crippen LogP contribution in [0.2, 0.25) is 0 Å². The maximum Gasteiger partial charge on any atom is 0.344 e. The Kier molecular flexibility index (Phi) is 5.48. The van der Waals surface area contributed by atoms with Gasteiger partial charge in [-0.1, -0.05) is 30.3 Å². The van der Waals surface area contributed by atoms with Crippen LogP contribution < -0.4 is 4.74 Å². The molecule has 0 heterocycles. The van der Waals surface area contributed by atoms with Gasteiger partial charge in [0.1, 0.15) is 12.4 Å². The second-order valence-corrected chi connectivity index (χ2v) is 4.80. The topological polar surface area (TPSA) is 76.4 Å². The van der Waals surface area contributed by atoms with Crippen molar-refractivity contribution in [3.05, 3.63) is 65.2 Å². The first-order valence-corrected chi connectivity index (χ1v) is 6.97. The first-order chi connectivity index (χ1) is 11.1. The summed E-state index contributed by atoms with van der Waals surface area (Å²) < 4.78 is 10.4. The van der Waals surface area contributed by atoms with Crippen molar-refractivity contribution in [3.8, 4) is 11.8 Å². The average Bonchev–Trinajstić information content (AvgIpc) is 2.58. The van der Waals surface area contributed by atoms with E-state index in [1.54, 1.807) is 48.5 Å². The Balaban J connectivity index is 1.87. The summed E-state index contributed by atoms with van der Waals surface area (Å²) in [5.74, 6) is -0.204. The summed E-state index contributed by atoms with van der Waals surface area (Å²) in [5, 5.41) is 8.96. The van der Waals surface area contributed by atoms with E-state index in [1.165, 1.54) is 6.92 Å². The van der Waals surface area contributed by atoms with Gasteiger partial charge in [0.05, 0.1) is 11.6 Å². The summed E-state index contributed by atoms with van der Waals surface area (Å²) in [5.41, 5.74) is 1.62. The normalized spacial score (nSPS) is 9.74. The number of nitriles is 1. The summed E-state index contributed by atoms with van der Waals surface area (Å²) in [4.78, 5) is 23.0. The summed E-state index contributed by atoms with van der Waals surface area (Å²) in [7, 11) is 0. The minimum absolute atomic E-state index is 0.0133. The Labute approximate surface area is 134 Å². The lowest BCUT2D eigenvalue weighted by molar-refractivity contribution is -0.147. The molecule has 0 N–H and O–H groups in total. The molecule has 0 fully saturated rings. The highest BCUT2D eigenvalue weighted by atomic mass is 16.6. The minimum Gasteiger partial charge on any atom is -0.482 e. The van der Waals surface area contributed by atoms with E-state index in [9.17, 15) is 9.59 Å². The molecule has 2 aromatic carbocycles. The van der Waals surface area contributed by atoms with Gasteiger partial charge in [-0.15, -0.1) is 0 Å². The van der Waals surface area contributed by atoms with Crippen LogP contribution in [0.25, 0.3) is 0 Å². The zero-order valence-electron chi connectivity index (χ0n) is 12.6. The first kappa shape index (κ1) is 16.2. The molecule has 0 bridgehead atoms. The van der Waals surface area contributed by atoms with Gasteiger partial charge < -0.3 is 9.47 Å². The third-order valence-electron chi connectivity index (χ3n) is 3.12. The molecule has 0 spiro atoms. The van der Waals surface area contributed by atoms with Crippen LogP contribution in [0.15, 0.2) is 48.5 Å². The molecule has 0 saturated carbocycles. The molecule has 0 amide bonds. The summed E-state index contributed by atoms with van der Waals surface area (Å²) >= 11 is 0. The highest BCUT2D eigenvalue weighted by Crippen LogP contribution is 2.14. The fourth-order valence-corrected chi connectivity index (χ4v) is 1.90. The van der Waals surface area contributed by atoms with Crippen molar-refractivity contribution in [2.24, 2.45) is 0 Å². The Morgan fingerprint density at radius 2 is 1.91 bits per heavy atom. The molecule has 0 unspecified atom stereocenters. The molecule has 5 heteroatoms. The van der Waals surface area contributed by atoms with Gasteiger partial charge in [-0.2, -0.15) is 5.26 Å². The smallest absolute Gasteiger partial charge is 0.344 e. The molecule has 0 atom stereocenters. The van der Waals surface area contributed by atoms with E-state index in [2.05, 4.69) is 0 Å². The van der Waals surface area contributed by atoms with Crippen molar-refractivity contribution in [1.82, 2.24) is 0 Å². The lowest BCUT2D eigenvalue weighted by Gasteiger charge is -2.08. The van der Waals surface area contributed by atoms with E-state index in [0.29, 0.717) is 22.4 Å². The summed E-state index contributed by atoms with van der Waals surface area (Å²) in [6.07, 6.45) is 0. The predicted molar refractivity (Wildman–Crippen MR) is 82.9 cm³/mol. The second kappa shape index (κ2) is 7.76. The first-order valence-electron chi connectivity index (χ1n) is 6.97. The van der Waals surface area contributed by atoms with E-state index < -0.39 is 5.97 Å². The Morgan fingerprint density at radius 1 is 1.13 bits per heavy atom. The van der Waals surface area contributed by atoms with Gasteiger partial charge in [0, 0.05) is 11.1 Å². The minimum atomic E-state index is -0.550. The molecule has 5 nitrogen and oxygen atoms in total. The Bertz CT molecular complexity index is 762. The third kappa shape index (κ3) is 4.68. The number of carbonyl (C=O) groups excluding carboxylic acids is 2. The molecule has 0 saturated heterocycles. The van der Waals surface area contributed by atoms with Crippen LogP contribution in [0.1, 0.15) is 28.4 Å². The molecule has 0 radical (unpaired) electrons. The van der Waals surface area contributed by atoms with Crippen molar-refractivity contribution >= 4 is 11.8 Å². The molecule has 0 aliphatic carbocycles. The van der Waals surface area contributed by atoms with Gasteiger partial charge in [-0.25, -0.2) is 4.79 Å². The molecule has 2 rings (SSSR count). The van der Waals surface area contributed by atoms with Gasteiger partial charge in [-0.05, 0) is 25.1 Å². The van der Waals surface area contributed by atoms with Crippen LogP contribution >= 0.6 is 0 Å². The number of ether oxygens (including phenoxy) is 2. The summed E-state index contributed by atoms with van der Waals surface area (Å²) in [6, 6.07) is 15.5. The highest BCUT2D eigenvalue weighted by molar-refractivity contribution is 5.94. The largest absolute Gasteiger partial charge is 0.482 e. The number of carbonyl (C=O) groups is 2. The van der Waals surface area contributed by atoms with Crippen LogP contribution in [0.3, 0.4) is 0 Å². The van der Waals surface area contributed by atoms with Gasteiger partial charge in [0.15, 0.2) is 12.4 Å². The molecule has 23 heavy (non-hydrogen) atoms. The quantitative estimate of drug-likeness (QED) is 0.606.